The first-order valence-electron chi connectivity index (χ1n) is 7.10. The van der Waals surface area contributed by atoms with Crippen molar-refractivity contribution in [3.63, 3.8) is 0 Å². The molecule has 0 amide bonds. The molecule has 1 N–H and O–H groups in total. The van der Waals surface area contributed by atoms with Crippen LogP contribution in [0.1, 0.15) is 37.8 Å². The number of hydrogen-bond acceptors (Lipinski definition) is 3. The molecule has 1 aromatic carbocycles. The molecule has 4 heteroatoms. The summed E-state index contributed by atoms with van der Waals surface area (Å²) in [5, 5.41) is 3.59. The van der Waals surface area contributed by atoms with E-state index in [1.165, 1.54) is 24.8 Å². The number of benzene rings is 1. The molecular formula is C15H20BrNO2. The largest absolute Gasteiger partial charge is 0.486 e. The molecular weight excluding hydrogens is 306 g/mol. The molecule has 0 bridgehead atoms. The van der Waals surface area contributed by atoms with Gasteiger partial charge >= 0.3 is 0 Å². The molecule has 19 heavy (non-hydrogen) atoms. The van der Waals surface area contributed by atoms with E-state index in [1.54, 1.807) is 0 Å². The summed E-state index contributed by atoms with van der Waals surface area (Å²) in [6, 6.07) is 4.58. The van der Waals surface area contributed by atoms with Gasteiger partial charge in [-0.1, -0.05) is 35.7 Å². The van der Waals surface area contributed by atoms with Gasteiger partial charge in [0.05, 0.1) is 0 Å². The molecule has 1 aromatic rings. The predicted octanol–water partition coefficient (Wildman–Crippen LogP) is 3.67. The summed E-state index contributed by atoms with van der Waals surface area (Å²) >= 11 is 3.68. The number of fused-ring (bicyclic) bond motifs is 1. The van der Waals surface area contributed by atoms with Crippen molar-refractivity contribution >= 4 is 15.9 Å². The normalized spacial score (nSPS) is 19.3. The zero-order valence-corrected chi connectivity index (χ0v) is 12.8. The number of ether oxygens (including phenoxy) is 2. The van der Waals surface area contributed by atoms with E-state index >= 15 is 0 Å². The highest BCUT2D eigenvalue weighted by Crippen LogP contribution is 2.42. The van der Waals surface area contributed by atoms with Gasteiger partial charge in [0.1, 0.15) is 13.2 Å². The van der Waals surface area contributed by atoms with Gasteiger partial charge in [-0.05, 0) is 36.6 Å². The van der Waals surface area contributed by atoms with E-state index in [9.17, 15) is 0 Å². The molecule has 1 atom stereocenters. The Morgan fingerprint density at radius 2 is 1.95 bits per heavy atom. The maximum absolute atomic E-state index is 5.69. The van der Waals surface area contributed by atoms with Gasteiger partial charge in [0.2, 0.25) is 0 Å². The maximum Gasteiger partial charge on any atom is 0.162 e. The number of rotatable bonds is 5. The molecule has 3 nitrogen and oxygen atoms in total. The first-order valence-corrected chi connectivity index (χ1v) is 7.89. The molecule has 3 rings (SSSR count). The first kappa shape index (κ1) is 13.3. The molecule has 1 saturated carbocycles. The zero-order chi connectivity index (χ0) is 13.2. The van der Waals surface area contributed by atoms with Crippen LogP contribution in [0, 0.1) is 5.92 Å². The van der Waals surface area contributed by atoms with Gasteiger partial charge in [0.15, 0.2) is 11.5 Å². The van der Waals surface area contributed by atoms with Crippen LogP contribution in [0.3, 0.4) is 0 Å². The van der Waals surface area contributed by atoms with Crippen LogP contribution in [0.2, 0.25) is 0 Å². The molecule has 0 saturated heterocycles. The standard InChI is InChI=1S/C15H20BrNO2/c1-2-17-13(7-10-3-4-10)11-8-14-15(9-12(11)16)19-6-5-18-14/h8-10,13,17H,2-7H2,1H3. The van der Waals surface area contributed by atoms with Gasteiger partial charge in [-0.15, -0.1) is 0 Å². The van der Waals surface area contributed by atoms with Crippen molar-refractivity contribution in [3.05, 3.63) is 22.2 Å². The molecule has 0 spiro atoms. The van der Waals surface area contributed by atoms with Gasteiger partial charge in [0, 0.05) is 10.5 Å². The smallest absolute Gasteiger partial charge is 0.162 e. The maximum atomic E-state index is 5.69. The summed E-state index contributed by atoms with van der Waals surface area (Å²) in [6.07, 6.45) is 3.97. The minimum absolute atomic E-state index is 0.405. The van der Waals surface area contributed by atoms with Gasteiger partial charge in [-0.2, -0.15) is 0 Å². The Balaban J connectivity index is 1.87. The summed E-state index contributed by atoms with van der Waals surface area (Å²) in [5.41, 5.74) is 1.29. The molecule has 0 radical (unpaired) electrons. The van der Waals surface area contributed by atoms with Crippen LogP contribution in [0.4, 0.5) is 0 Å². The average Bonchev–Trinajstić information content (AvgIpc) is 3.21. The minimum atomic E-state index is 0.405. The summed E-state index contributed by atoms with van der Waals surface area (Å²) in [7, 11) is 0. The average molecular weight is 326 g/mol. The Kier molecular flexibility index (Phi) is 3.99. The van der Waals surface area contributed by atoms with Crippen LogP contribution in [0.15, 0.2) is 16.6 Å². The van der Waals surface area contributed by atoms with Crippen molar-refractivity contribution in [1.82, 2.24) is 5.32 Å². The monoisotopic (exact) mass is 325 g/mol. The summed E-state index contributed by atoms with van der Waals surface area (Å²) in [6.45, 7) is 4.42. The summed E-state index contributed by atoms with van der Waals surface area (Å²) in [4.78, 5) is 0. The quantitative estimate of drug-likeness (QED) is 0.895. The number of nitrogens with one attached hydrogen (secondary N) is 1. The lowest BCUT2D eigenvalue weighted by Gasteiger charge is -2.24. The predicted molar refractivity (Wildman–Crippen MR) is 78.9 cm³/mol. The third kappa shape index (κ3) is 3.06. The van der Waals surface area contributed by atoms with Crippen LogP contribution < -0.4 is 14.8 Å². The van der Waals surface area contributed by atoms with E-state index in [-0.39, 0.29) is 0 Å². The van der Waals surface area contributed by atoms with Crippen molar-refractivity contribution in [2.45, 2.75) is 32.2 Å². The minimum Gasteiger partial charge on any atom is -0.486 e. The van der Waals surface area contributed by atoms with E-state index in [2.05, 4.69) is 34.2 Å². The van der Waals surface area contributed by atoms with Crippen molar-refractivity contribution in [3.8, 4) is 11.5 Å². The fraction of sp³-hybridized carbons (Fsp3) is 0.600. The molecule has 0 aromatic heterocycles. The lowest BCUT2D eigenvalue weighted by molar-refractivity contribution is 0.171. The SMILES string of the molecule is CCNC(CC1CC1)c1cc2c(cc1Br)OCCO2. The summed E-state index contributed by atoms with van der Waals surface area (Å²) in [5.74, 6) is 2.62. The van der Waals surface area contributed by atoms with Crippen LogP contribution in [-0.2, 0) is 0 Å². The zero-order valence-electron chi connectivity index (χ0n) is 11.2. The number of halogens is 1. The van der Waals surface area contributed by atoms with Crippen LogP contribution in [0.5, 0.6) is 11.5 Å². The van der Waals surface area contributed by atoms with E-state index in [4.69, 9.17) is 9.47 Å². The van der Waals surface area contributed by atoms with Gasteiger partial charge in [-0.3, -0.25) is 0 Å². The Bertz CT molecular complexity index is 460. The molecule has 1 aliphatic carbocycles. The lowest BCUT2D eigenvalue weighted by atomic mass is 10.0. The fourth-order valence-electron chi connectivity index (χ4n) is 2.60. The lowest BCUT2D eigenvalue weighted by Crippen LogP contribution is -2.22. The van der Waals surface area contributed by atoms with E-state index < -0.39 is 0 Å². The second-order valence-corrected chi connectivity index (χ2v) is 6.16. The molecule has 2 aliphatic rings. The van der Waals surface area contributed by atoms with Crippen molar-refractivity contribution in [1.29, 1.82) is 0 Å². The Morgan fingerprint density at radius 1 is 1.26 bits per heavy atom. The van der Waals surface area contributed by atoms with Crippen molar-refractivity contribution in [2.24, 2.45) is 5.92 Å². The highest BCUT2D eigenvalue weighted by Gasteiger charge is 2.28. The number of hydrogen-bond donors (Lipinski definition) is 1. The van der Waals surface area contributed by atoms with Crippen LogP contribution in [0.25, 0.3) is 0 Å². The fourth-order valence-corrected chi connectivity index (χ4v) is 3.20. The Morgan fingerprint density at radius 3 is 2.58 bits per heavy atom. The Labute approximate surface area is 122 Å². The summed E-state index contributed by atoms with van der Waals surface area (Å²) < 4.78 is 12.4. The van der Waals surface area contributed by atoms with Crippen LogP contribution >= 0.6 is 15.9 Å². The van der Waals surface area contributed by atoms with Crippen molar-refractivity contribution < 1.29 is 9.47 Å². The topological polar surface area (TPSA) is 30.5 Å². The third-order valence-electron chi connectivity index (χ3n) is 3.75. The van der Waals surface area contributed by atoms with Gasteiger partial charge in [-0.25, -0.2) is 0 Å². The highest BCUT2D eigenvalue weighted by molar-refractivity contribution is 9.10. The van der Waals surface area contributed by atoms with E-state index in [0.717, 1.165) is 28.4 Å². The van der Waals surface area contributed by atoms with Crippen LogP contribution in [-0.4, -0.2) is 19.8 Å². The highest BCUT2D eigenvalue weighted by atomic mass is 79.9. The van der Waals surface area contributed by atoms with E-state index in [1.807, 2.05) is 6.07 Å². The second kappa shape index (κ2) is 5.71. The molecule has 1 aliphatic heterocycles. The first-order chi connectivity index (χ1) is 9.28. The van der Waals surface area contributed by atoms with Crippen molar-refractivity contribution in [2.75, 3.05) is 19.8 Å². The second-order valence-electron chi connectivity index (χ2n) is 5.31. The molecule has 1 unspecified atom stereocenters. The van der Waals surface area contributed by atoms with Gasteiger partial charge < -0.3 is 14.8 Å². The molecule has 1 fully saturated rings. The Hall–Kier alpha value is -0.740. The molecule has 104 valence electrons. The third-order valence-corrected chi connectivity index (χ3v) is 4.44. The van der Waals surface area contributed by atoms with E-state index in [0.29, 0.717) is 19.3 Å². The molecule has 1 heterocycles. The van der Waals surface area contributed by atoms with Gasteiger partial charge in [0.25, 0.3) is 0 Å².